The Hall–Kier alpha value is -2.38. The van der Waals surface area contributed by atoms with Crippen molar-refractivity contribution < 1.29 is 19.4 Å². The van der Waals surface area contributed by atoms with Gasteiger partial charge in [-0.15, -0.1) is 11.3 Å². The van der Waals surface area contributed by atoms with Gasteiger partial charge in [-0.3, -0.25) is 4.79 Å². The number of ether oxygens (including phenoxy) is 1. The van der Waals surface area contributed by atoms with E-state index in [-0.39, 0.29) is 12.5 Å². The molecule has 25 heavy (non-hydrogen) atoms. The van der Waals surface area contributed by atoms with E-state index in [1.165, 1.54) is 10.4 Å². The van der Waals surface area contributed by atoms with E-state index in [1.54, 1.807) is 23.5 Å². The summed E-state index contributed by atoms with van der Waals surface area (Å²) in [6, 6.07) is 9.20. The fourth-order valence-corrected chi connectivity index (χ4v) is 3.77. The Labute approximate surface area is 149 Å². The van der Waals surface area contributed by atoms with Crippen molar-refractivity contribution in [2.75, 3.05) is 19.7 Å². The Balaban J connectivity index is 1.46. The number of rotatable bonds is 7. The summed E-state index contributed by atoms with van der Waals surface area (Å²) in [5.41, 5.74) is 2.29. The Morgan fingerprint density at radius 3 is 2.80 bits per heavy atom. The van der Waals surface area contributed by atoms with Crippen molar-refractivity contribution in [2.45, 2.75) is 19.4 Å². The van der Waals surface area contributed by atoms with Crippen LogP contribution in [-0.4, -0.2) is 36.7 Å². The Bertz CT molecular complexity index is 731. The zero-order valence-electron chi connectivity index (χ0n) is 13.7. The van der Waals surface area contributed by atoms with E-state index in [1.807, 2.05) is 18.2 Å². The molecule has 2 aromatic rings. The van der Waals surface area contributed by atoms with Crippen molar-refractivity contribution in [2.24, 2.45) is 0 Å². The zero-order chi connectivity index (χ0) is 17.6. The molecule has 1 aromatic heterocycles. The molecule has 0 saturated heterocycles. The summed E-state index contributed by atoms with van der Waals surface area (Å²) in [5, 5.41) is 14.8. The monoisotopic (exact) mass is 360 g/mol. The molecule has 0 unspecified atom stereocenters. The van der Waals surface area contributed by atoms with E-state index in [4.69, 9.17) is 9.84 Å². The van der Waals surface area contributed by atoms with Gasteiger partial charge in [-0.25, -0.2) is 4.79 Å². The minimum atomic E-state index is -1.00. The second-order valence-electron chi connectivity index (χ2n) is 5.82. The molecule has 0 radical (unpaired) electrons. The van der Waals surface area contributed by atoms with Crippen molar-refractivity contribution in [3.05, 3.63) is 51.2 Å². The van der Waals surface area contributed by atoms with Gasteiger partial charge in [-0.2, -0.15) is 0 Å². The fourth-order valence-electron chi connectivity index (χ4n) is 2.67. The number of amides is 1. The second-order valence-corrected chi connectivity index (χ2v) is 6.95. The maximum absolute atomic E-state index is 12.3. The minimum Gasteiger partial charge on any atom is -0.482 e. The highest BCUT2D eigenvalue weighted by molar-refractivity contribution is 7.14. The largest absolute Gasteiger partial charge is 0.482 e. The summed E-state index contributed by atoms with van der Waals surface area (Å²) in [7, 11) is 0. The summed E-state index contributed by atoms with van der Waals surface area (Å²) >= 11 is 1.58. The van der Waals surface area contributed by atoms with Crippen LogP contribution in [0.5, 0.6) is 5.75 Å². The van der Waals surface area contributed by atoms with Gasteiger partial charge in [0.25, 0.3) is 5.91 Å². The molecule has 0 atom stereocenters. The van der Waals surface area contributed by atoms with Crippen molar-refractivity contribution >= 4 is 23.2 Å². The number of benzene rings is 1. The average molecular weight is 360 g/mol. The van der Waals surface area contributed by atoms with Gasteiger partial charge in [0, 0.05) is 24.5 Å². The lowest BCUT2D eigenvalue weighted by atomic mass is 10.1. The third-order valence-corrected chi connectivity index (χ3v) is 5.19. The first-order valence-electron chi connectivity index (χ1n) is 8.16. The summed E-state index contributed by atoms with van der Waals surface area (Å²) < 4.78 is 5.09. The molecule has 1 aromatic carbocycles. The maximum Gasteiger partial charge on any atom is 0.341 e. The third-order valence-electron chi connectivity index (χ3n) is 3.95. The van der Waals surface area contributed by atoms with Crippen LogP contribution < -0.4 is 15.4 Å². The molecule has 0 aliphatic carbocycles. The topological polar surface area (TPSA) is 87.7 Å². The number of carboxylic acid groups (broad SMARTS) is 1. The summed E-state index contributed by atoms with van der Waals surface area (Å²) in [5.74, 6) is -0.508. The van der Waals surface area contributed by atoms with E-state index in [0.29, 0.717) is 18.7 Å². The Morgan fingerprint density at radius 2 is 2.08 bits per heavy atom. The number of carbonyl (C=O) groups excluding carboxylic acids is 1. The van der Waals surface area contributed by atoms with E-state index >= 15 is 0 Å². The predicted octanol–water partition coefficient (Wildman–Crippen LogP) is 1.83. The van der Waals surface area contributed by atoms with Gasteiger partial charge in [-0.05, 0) is 42.2 Å². The van der Waals surface area contributed by atoms with Crippen molar-refractivity contribution in [3.63, 3.8) is 0 Å². The SMILES string of the molecule is O=C(O)COc1ccc(CCNC(=O)c2cc3c(s2)CCNC3)cc1. The average Bonchev–Trinajstić information content (AvgIpc) is 3.05. The smallest absolute Gasteiger partial charge is 0.341 e. The first-order valence-corrected chi connectivity index (χ1v) is 8.97. The maximum atomic E-state index is 12.3. The van der Waals surface area contributed by atoms with Crippen LogP contribution in [0.4, 0.5) is 0 Å². The molecule has 132 valence electrons. The normalized spacial score (nSPS) is 13.1. The van der Waals surface area contributed by atoms with Crippen LogP contribution in [0, 0.1) is 0 Å². The lowest BCUT2D eigenvalue weighted by molar-refractivity contribution is -0.139. The summed E-state index contributed by atoms with van der Waals surface area (Å²) in [4.78, 5) is 24.8. The highest BCUT2D eigenvalue weighted by Crippen LogP contribution is 2.25. The molecule has 3 rings (SSSR count). The highest BCUT2D eigenvalue weighted by Gasteiger charge is 2.16. The lowest BCUT2D eigenvalue weighted by Gasteiger charge is -2.10. The molecule has 1 aliphatic rings. The van der Waals surface area contributed by atoms with Crippen LogP contribution in [0.15, 0.2) is 30.3 Å². The Morgan fingerprint density at radius 1 is 1.28 bits per heavy atom. The Kier molecular flexibility index (Phi) is 5.67. The quantitative estimate of drug-likeness (QED) is 0.701. The van der Waals surface area contributed by atoms with E-state index in [2.05, 4.69) is 10.6 Å². The molecule has 1 aliphatic heterocycles. The van der Waals surface area contributed by atoms with Crippen LogP contribution in [0.2, 0.25) is 0 Å². The number of hydrogen-bond donors (Lipinski definition) is 3. The molecule has 0 bridgehead atoms. The number of nitrogens with one attached hydrogen (secondary N) is 2. The molecule has 0 saturated carbocycles. The summed E-state index contributed by atoms with van der Waals surface area (Å²) in [6.45, 7) is 2.01. The number of fused-ring (bicyclic) bond motifs is 1. The van der Waals surface area contributed by atoms with Gasteiger partial charge in [-0.1, -0.05) is 12.1 Å². The van der Waals surface area contributed by atoms with Crippen LogP contribution in [0.3, 0.4) is 0 Å². The van der Waals surface area contributed by atoms with Crippen LogP contribution in [0.1, 0.15) is 25.7 Å². The van der Waals surface area contributed by atoms with Crippen LogP contribution in [-0.2, 0) is 24.2 Å². The zero-order valence-corrected chi connectivity index (χ0v) is 14.5. The van der Waals surface area contributed by atoms with Gasteiger partial charge >= 0.3 is 5.97 Å². The van der Waals surface area contributed by atoms with Gasteiger partial charge in [0.15, 0.2) is 6.61 Å². The van der Waals surface area contributed by atoms with Gasteiger partial charge in [0.05, 0.1) is 4.88 Å². The molecule has 3 N–H and O–H groups in total. The number of carbonyl (C=O) groups is 2. The number of thiophene rings is 1. The molecule has 0 spiro atoms. The summed E-state index contributed by atoms with van der Waals surface area (Å²) in [6.07, 6.45) is 1.70. The number of carboxylic acids is 1. The molecule has 1 amide bonds. The molecular weight excluding hydrogens is 340 g/mol. The van der Waals surface area contributed by atoms with Gasteiger partial charge < -0.3 is 20.5 Å². The van der Waals surface area contributed by atoms with E-state index in [9.17, 15) is 9.59 Å². The van der Waals surface area contributed by atoms with Gasteiger partial charge in [0.2, 0.25) is 0 Å². The first kappa shape index (κ1) is 17.4. The van der Waals surface area contributed by atoms with Crippen LogP contribution >= 0.6 is 11.3 Å². The number of hydrogen-bond acceptors (Lipinski definition) is 5. The second kappa shape index (κ2) is 8.13. The fraction of sp³-hybridized carbons (Fsp3) is 0.333. The molecule has 7 heteroatoms. The molecular formula is C18H20N2O4S. The minimum absolute atomic E-state index is 0.0270. The lowest BCUT2D eigenvalue weighted by Crippen LogP contribution is -2.24. The molecule has 0 fully saturated rings. The van der Waals surface area contributed by atoms with Gasteiger partial charge in [0.1, 0.15) is 5.75 Å². The first-order chi connectivity index (χ1) is 12.1. The molecule has 2 heterocycles. The number of aliphatic carboxylic acids is 1. The van der Waals surface area contributed by atoms with Crippen molar-refractivity contribution in [1.29, 1.82) is 0 Å². The third kappa shape index (κ3) is 4.80. The standard InChI is InChI=1S/C18H20N2O4S/c21-17(22)11-24-14-3-1-12(2-4-14)5-8-20-18(23)16-9-13-10-19-7-6-15(13)25-16/h1-4,9,19H,5-8,10-11H2,(H,20,23)(H,21,22). The van der Waals surface area contributed by atoms with Crippen molar-refractivity contribution in [1.82, 2.24) is 10.6 Å². The highest BCUT2D eigenvalue weighted by atomic mass is 32.1. The van der Waals surface area contributed by atoms with Crippen LogP contribution in [0.25, 0.3) is 0 Å². The van der Waals surface area contributed by atoms with Crippen molar-refractivity contribution in [3.8, 4) is 5.75 Å². The van der Waals surface area contributed by atoms with E-state index < -0.39 is 5.97 Å². The molecule has 6 nitrogen and oxygen atoms in total. The van der Waals surface area contributed by atoms with E-state index in [0.717, 1.165) is 30.0 Å². The predicted molar refractivity (Wildman–Crippen MR) is 95.3 cm³/mol.